The number of ketones is 1. The van der Waals surface area contributed by atoms with Gasteiger partial charge in [0.2, 0.25) is 18.5 Å². The van der Waals surface area contributed by atoms with Crippen LogP contribution in [-0.4, -0.2) is 38.7 Å². The number of ether oxygens (including phenoxy) is 2. The maximum absolute atomic E-state index is 12.4. The number of carbonyl (C=O) groups is 2. The van der Waals surface area contributed by atoms with Gasteiger partial charge in [-0.25, -0.2) is 0 Å². The smallest absolute Gasteiger partial charge is 0.248 e. The number of primary amides is 1. The number of fused-ring (bicyclic) bond motifs is 1. The Bertz CT molecular complexity index is 997. The molecule has 0 saturated carbocycles. The first-order valence-corrected chi connectivity index (χ1v) is 7.71. The standard InChI is InChI=1S/C17H13N5O4/c18-16(24)10-1-3-11(4-2-10)17-19-21-22(20-17)8-13(23)12-5-6-14-15(7-12)26-9-25-14/h1-7H,8-9H2,(H2,18,24). The summed E-state index contributed by atoms with van der Waals surface area (Å²) in [4.78, 5) is 24.7. The fraction of sp³-hybridized carbons (Fsp3) is 0.118. The van der Waals surface area contributed by atoms with E-state index in [1.165, 1.54) is 4.80 Å². The number of hydrogen-bond donors (Lipinski definition) is 1. The molecule has 26 heavy (non-hydrogen) atoms. The van der Waals surface area contributed by atoms with E-state index in [4.69, 9.17) is 15.2 Å². The molecule has 0 fully saturated rings. The molecule has 1 amide bonds. The summed E-state index contributed by atoms with van der Waals surface area (Å²) in [7, 11) is 0. The van der Waals surface area contributed by atoms with Gasteiger partial charge in [0.15, 0.2) is 17.3 Å². The van der Waals surface area contributed by atoms with E-state index in [9.17, 15) is 9.59 Å². The molecule has 0 atom stereocenters. The summed E-state index contributed by atoms with van der Waals surface area (Å²) in [6.07, 6.45) is 0. The molecule has 2 N–H and O–H groups in total. The van der Waals surface area contributed by atoms with Crippen molar-refractivity contribution in [3.63, 3.8) is 0 Å². The second-order valence-electron chi connectivity index (χ2n) is 5.58. The second-order valence-corrected chi connectivity index (χ2v) is 5.58. The highest BCUT2D eigenvalue weighted by Crippen LogP contribution is 2.32. The Kier molecular flexibility index (Phi) is 3.81. The van der Waals surface area contributed by atoms with Gasteiger partial charge in [-0.2, -0.15) is 4.80 Å². The van der Waals surface area contributed by atoms with Gasteiger partial charge in [0.25, 0.3) is 0 Å². The Morgan fingerprint density at radius 1 is 1.04 bits per heavy atom. The highest BCUT2D eigenvalue weighted by atomic mass is 16.7. The molecule has 9 nitrogen and oxygen atoms in total. The fourth-order valence-electron chi connectivity index (χ4n) is 2.50. The Balaban J connectivity index is 1.49. The van der Waals surface area contributed by atoms with Crippen molar-refractivity contribution in [1.29, 1.82) is 0 Å². The first kappa shape index (κ1) is 15.8. The number of rotatable bonds is 5. The van der Waals surface area contributed by atoms with E-state index >= 15 is 0 Å². The SMILES string of the molecule is NC(=O)c1ccc(-c2nnn(CC(=O)c3ccc4c(c3)OCO4)n2)cc1. The van der Waals surface area contributed by atoms with Gasteiger partial charge in [0.05, 0.1) is 0 Å². The van der Waals surface area contributed by atoms with Crippen molar-refractivity contribution in [2.75, 3.05) is 6.79 Å². The number of hydrogen-bond acceptors (Lipinski definition) is 7. The normalized spacial score (nSPS) is 12.2. The number of tetrazole rings is 1. The number of nitrogens with zero attached hydrogens (tertiary/aromatic N) is 4. The minimum Gasteiger partial charge on any atom is -0.454 e. The molecule has 2 heterocycles. The van der Waals surface area contributed by atoms with Gasteiger partial charge in [-0.1, -0.05) is 12.1 Å². The van der Waals surface area contributed by atoms with Crippen molar-refractivity contribution in [2.45, 2.75) is 6.54 Å². The minimum absolute atomic E-state index is 0.0635. The first-order chi connectivity index (χ1) is 12.6. The lowest BCUT2D eigenvalue weighted by atomic mass is 10.1. The topological polar surface area (TPSA) is 122 Å². The Hall–Kier alpha value is -3.75. The first-order valence-electron chi connectivity index (χ1n) is 7.71. The monoisotopic (exact) mass is 351 g/mol. The molecule has 0 unspecified atom stereocenters. The molecule has 0 spiro atoms. The lowest BCUT2D eigenvalue weighted by Crippen LogP contribution is -2.13. The lowest BCUT2D eigenvalue weighted by Gasteiger charge is -2.01. The van der Waals surface area contributed by atoms with Gasteiger partial charge in [0.1, 0.15) is 6.54 Å². The molecule has 1 aromatic heterocycles. The van der Waals surface area contributed by atoms with E-state index < -0.39 is 5.91 Å². The summed E-state index contributed by atoms with van der Waals surface area (Å²) in [5, 5.41) is 12.0. The molecule has 2 aromatic carbocycles. The molecule has 0 aliphatic carbocycles. The highest BCUT2D eigenvalue weighted by molar-refractivity contribution is 5.96. The fourth-order valence-corrected chi connectivity index (χ4v) is 2.50. The lowest BCUT2D eigenvalue weighted by molar-refractivity contribution is 0.0959. The Labute approximate surface area is 147 Å². The van der Waals surface area contributed by atoms with Crippen LogP contribution < -0.4 is 15.2 Å². The molecule has 1 aliphatic heterocycles. The van der Waals surface area contributed by atoms with Crippen molar-refractivity contribution in [3.8, 4) is 22.9 Å². The molecule has 0 saturated heterocycles. The average Bonchev–Trinajstić information content (AvgIpc) is 3.30. The van der Waals surface area contributed by atoms with Crippen LogP contribution in [0.4, 0.5) is 0 Å². The van der Waals surface area contributed by atoms with E-state index in [-0.39, 0.29) is 19.1 Å². The third-order valence-electron chi connectivity index (χ3n) is 3.86. The zero-order valence-electron chi connectivity index (χ0n) is 13.5. The summed E-state index contributed by atoms with van der Waals surface area (Å²) in [5.41, 5.74) is 6.73. The molecule has 9 heteroatoms. The molecular formula is C17H13N5O4. The van der Waals surface area contributed by atoms with Crippen LogP contribution in [-0.2, 0) is 6.54 Å². The summed E-state index contributed by atoms with van der Waals surface area (Å²) in [6.45, 7) is 0.0848. The molecule has 4 rings (SSSR count). The van der Waals surface area contributed by atoms with Gasteiger partial charge in [0, 0.05) is 16.7 Å². The third kappa shape index (κ3) is 2.97. The summed E-state index contributed by atoms with van der Waals surface area (Å²) in [6, 6.07) is 11.5. The molecule has 0 bridgehead atoms. The van der Waals surface area contributed by atoms with Crippen molar-refractivity contribution >= 4 is 11.7 Å². The largest absolute Gasteiger partial charge is 0.454 e. The summed E-state index contributed by atoms with van der Waals surface area (Å²) >= 11 is 0. The predicted octanol–water partition coefficient (Wildman–Crippen LogP) is 1.05. The quantitative estimate of drug-likeness (QED) is 0.682. The van der Waals surface area contributed by atoms with Crippen LogP contribution in [0.1, 0.15) is 20.7 Å². The van der Waals surface area contributed by atoms with Crippen LogP contribution in [0.25, 0.3) is 11.4 Å². The third-order valence-corrected chi connectivity index (χ3v) is 3.86. The van der Waals surface area contributed by atoms with Gasteiger partial charge in [-0.05, 0) is 35.5 Å². The summed E-state index contributed by atoms with van der Waals surface area (Å²) < 4.78 is 10.5. The molecule has 3 aromatic rings. The van der Waals surface area contributed by atoms with Crippen molar-refractivity contribution in [1.82, 2.24) is 20.2 Å². The second kappa shape index (κ2) is 6.28. The maximum Gasteiger partial charge on any atom is 0.248 e. The Morgan fingerprint density at radius 3 is 2.54 bits per heavy atom. The predicted molar refractivity (Wildman–Crippen MR) is 88.7 cm³/mol. The van der Waals surface area contributed by atoms with Gasteiger partial charge >= 0.3 is 0 Å². The minimum atomic E-state index is -0.512. The molecular weight excluding hydrogens is 338 g/mol. The maximum atomic E-state index is 12.4. The van der Waals surface area contributed by atoms with Crippen LogP contribution in [0, 0.1) is 0 Å². The molecule has 130 valence electrons. The van der Waals surface area contributed by atoms with Crippen LogP contribution in [0.3, 0.4) is 0 Å². The highest BCUT2D eigenvalue weighted by Gasteiger charge is 2.17. The van der Waals surface area contributed by atoms with E-state index in [1.54, 1.807) is 42.5 Å². The zero-order valence-corrected chi connectivity index (χ0v) is 13.5. The van der Waals surface area contributed by atoms with E-state index in [2.05, 4.69) is 15.4 Å². The Morgan fingerprint density at radius 2 is 1.77 bits per heavy atom. The van der Waals surface area contributed by atoms with Crippen LogP contribution in [0.15, 0.2) is 42.5 Å². The van der Waals surface area contributed by atoms with Gasteiger partial charge < -0.3 is 15.2 Å². The van der Waals surface area contributed by atoms with Crippen molar-refractivity contribution in [2.24, 2.45) is 5.73 Å². The van der Waals surface area contributed by atoms with Crippen molar-refractivity contribution < 1.29 is 19.1 Å². The van der Waals surface area contributed by atoms with E-state index in [0.717, 1.165) is 0 Å². The van der Waals surface area contributed by atoms with Crippen LogP contribution >= 0.6 is 0 Å². The van der Waals surface area contributed by atoms with Crippen LogP contribution in [0.5, 0.6) is 11.5 Å². The average molecular weight is 351 g/mol. The molecule has 1 aliphatic rings. The number of benzene rings is 2. The molecule has 0 radical (unpaired) electrons. The van der Waals surface area contributed by atoms with Crippen molar-refractivity contribution in [3.05, 3.63) is 53.6 Å². The number of Topliss-reactive ketones (excluding diaryl/α,β-unsaturated/α-hetero) is 1. The van der Waals surface area contributed by atoms with Crippen LogP contribution in [0.2, 0.25) is 0 Å². The van der Waals surface area contributed by atoms with Gasteiger partial charge in [-0.3, -0.25) is 9.59 Å². The number of amides is 1. The number of carbonyl (C=O) groups excluding carboxylic acids is 2. The summed E-state index contributed by atoms with van der Waals surface area (Å²) in [5.74, 6) is 0.804. The number of nitrogens with two attached hydrogens (primary N) is 1. The van der Waals surface area contributed by atoms with Gasteiger partial charge in [-0.15, -0.1) is 10.2 Å². The zero-order chi connectivity index (χ0) is 18.1. The van der Waals surface area contributed by atoms with E-state index in [1.807, 2.05) is 0 Å². The number of aromatic nitrogens is 4. The van der Waals surface area contributed by atoms with E-state index in [0.29, 0.717) is 34.0 Å².